The Hall–Kier alpha value is -1.64. The van der Waals surface area contributed by atoms with Crippen LogP contribution in [0.3, 0.4) is 0 Å². The fraction of sp³-hybridized carbons (Fsp3) is 0.429. The van der Waals surface area contributed by atoms with Gasteiger partial charge in [-0.3, -0.25) is 4.90 Å². The minimum absolute atomic E-state index is 0.342. The summed E-state index contributed by atoms with van der Waals surface area (Å²) in [7, 11) is 0. The zero-order valence-corrected chi connectivity index (χ0v) is 14.8. The number of rotatable bonds is 7. The van der Waals surface area contributed by atoms with Crippen molar-refractivity contribution in [1.82, 2.24) is 4.90 Å². The zero-order valence-electron chi connectivity index (χ0n) is 14.8. The SMILES string of the molecule is Cc1ccc(CN(CC(O)Cc2ccccc2)C(C)C)c(C)c1. The largest absolute Gasteiger partial charge is 0.391 e. The van der Waals surface area contributed by atoms with Gasteiger partial charge in [-0.2, -0.15) is 0 Å². The maximum atomic E-state index is 10.5. The van der Waals surface area contributed by atoms with E-state index >= 15 is 0 Å². The number of benzene rings is 2. The van der Waals surface area contributed by atoms with Crippen LogP contribution in [0.25, 0.3) is 0 Å². The fourth-order valence-electron chi connectivity index (χ4n) is 2.92. The lowest BCUT2D eigenvalue weighted by atomic mass is 10.0. The van der Waals surface area contributed by atoms with Crippen molar-refractivity contribution in [3.8, 4) is 0 Å². The van der Waals surface area contributed by atoms with E-state index in [1.807, 2.05) is 18.2 Å². The molecule has 0 aromatic heterocycles. The molecule has 1 unspecified atom stereocenters. The molecule has 1 atom stereocenters. The van der Waals surface area contributed by atoms with Gasteiger partial charge < -0.3 is 5.11 Å². The normalized spacial score (nSPS) is 12.8. The number of nitrogens with zero attached hydrogens (tertiary/aromatic N) is 1. The Morgan fingerprint density at radius 2 is 1.70 bits per heavy atom. The van der Waals surface area contributed by atoms with Crippen molar-refractivity contribution < 1.29 is 5.11 Å². The van der Waals surface area contributed by atoms with Gasteiger partial charge in [-0.05, 0) is 50.8 Å². The van der Waals surface area contributed by atoms with Crippen molar-refractivity contribution in [3.63, 3.8) is 0 Å². The van der Waals surface area contributed by atoms with Gasteiger partial charge in [0.2, 0.25) is 0 Å². The van der Waals surface area contributed by atoms with E-state index in [4.69, 9.17) is 0 Å². The van der Waals surface area contributed by atoms with E-state index in [0.29, 0.717) is 19.0 Å². The van der Waals surface area contributed by atoms with Crippen LogP contribution in [0.1, 0.15) is 36.1 Å². The molecule has 0 saturated carbocycles. The molecule has 0 saturated heterocycles. The first-order valence-corrected chi connectivity index (χ1v) is 8.48. The molecule has 0 aliphatic rings. The van der Waals surface area contributed by atoms with Crippen LogP contribution in [0, 0.1) is 13.8 Å². The van der Waals surface area contributed by atoms with Crippen molar-refractivity contribution in [3.05, 3.63) is 70.8 Å². The molecule has 2 aromatic carbocycles. The van der Waals surface area contributed by atoms with E-state index in [1.54, 1.807) is 0 Å². The average Bonchev–Trinajstić information content (AvgIpc) is 2.50. The molecule has 0 amide bonds. The van der Waals surface area contributed by atoms with Gasteiger partial charge in [0.05, 0.1) is 6.10 Å². The monoisotopic (exact) mass is 311 g/mol. The number of hydrogen-bond acceptors (Lipinski definition) is 2. The maximum absolute atomic E-state index is 10.5. The Balaban J connectivity index is 2.00. The molecule has 124 valence electrons. The van der Waals surface area contributed by atoms with Crippen molar-refractivity contribution in [2.24, 2.45) is 0 Å². The molecule has 0 aliphatic heterocycles. The van der Waals surface area contributed by atoms with Crippen molar-refractivity contribution in [1.29, 1.82) is 0 Å². The van der Waals surface area contributed by atoms with Gasteiger partial charge in [0, 0.05) is 19.1 Å². The minimum atomic E-state index is -0.342. The second kappa shape index (κ2) is 8.28. The van der Waals surface area contributed by atoms with Crippen LogP contribution in [-0.4, -0.2) is 28.7 Å². The Kier molecular flexibility index (Phi) is 6.37. The molecular weight excluding hydrogens is 282 g/mol. The third kappa shape index (κ3) is 5.49. The first-order chi connectivity index (χ1) is 11.0. The van der Waals surface area contributed by atoms with Crippen molar-refractivity contribution in [2.45, 2.75) is 52.8 Å². The molecule has 2 nitrogen and oxygen atoms in total. The maximum Gasteiger partial charge on any atom is 0.0707 e. The summed E-state index contributed by atoms with van der Waals surface area (Å²) < 4.78 is 0. The first kappa shape index (κ1) is 17.7. The van der Waals surface area contributed by atoms with Gasteiger partial charge in [-0.25, -0.2) is 0 Å². The van der Waals surface area contributed by atoms with Crippen LogP contribution in [0.5, 0.6) is 0 Å². The Bertz CT molecular complexity index is 606. The molecule has 0 radical (unpaired) electrons. The molecule has 2 aromatic rings. The van der Waals surface area contributed by atoms with Crippen LogP contribution in [-0.2, 0) is 13.0 Å². The smallest absolute Gasteiger partial charge is 0.0707 e. The van der Waals surface area contributed by atoms with E-state index < -0.39 is 0 Å². The lowest BCUT2D eigenvalue weighted by Crippen LogP contribution is -2.38. The lowest BCUT2D eigenvalue weighted by molar-refractivity contribution is 0.0907. The summed E-state index contributed by atoms with van der Waals surface area (Å²) in [5.41, 5.74) is 5.16. The highest BCUT2D eigenvalue weighted by Crippen LogP contribution is 2.16. The summed E-state index contributed by atoms with van der Waals surface area (Å²) in [5, 5.41) is 10.5. The second-order valence-corrected chi connectivity index (χ2v) is 6.80. The summed E-state index contributed by atoms with van der Waals surface area (Å²) in [4.78, 5) is 2.35. The van der Waals surface area contributed by atoms with Crippen LogP contribution in [0.4, 0.5) is 0 Å². The summed E-state index contributed by atoms with van der Waals surface area (Å²) in [6.45, 7) is 10.3. The van der Waals surface area contributed by atoms with E-state index in [9.17, 15) is 5.11 Å². The van der Waals surface area contributed by atoms with Crippen LogP contribution in [0.15, 0.2) is 48.5 Å². The highest BCUT2D eigenvalue weighted by atomic mass is 16.3. The summed E-state index contributed by atoms with van der Waals surface area (Å²) in [6, 6.07) is 17.2. The summed E-state index contributed by atoms with van der Waals surface area (Å²) in [5.74, 6) is 0. The minimum Gasteiger partial charge on any atom is -0.391 e. The standard InChI is InChI=1S/C21H29NO/c1-16(2)22(14-20-11-10-17(3)12-18(20)4)15-21(23)13-19-8-6-5-7-9-19/h5-12,16,21,23H,13-15H2,1-4H3. The molecule has 23 heavy (non-hydrogen) atoms. The van der Waals surface area contributed by atoms with Crippen LogP contribution in [0.2, 0.25) is 0 Å². The van der Waals surface area contributed by atoms with Gasteiger partial charge in [-0.1, -0.05) is 54.1 Å². The summed E-state index contributed by atoms with van der Waals surface area (Å²) in [6.07, 6.45) is 0.363. The Morgan fingerprint density at radius 1 is 1.00 bits per heavy atom. The molecule has 2 heteroatoms. The number of hydrogen-bond donors (Lipinski definition) is 1. The van der Waals surface area contributed by atoms with E-state index in [1.165, 1.54) is 22.3 Å². The fourth-order valence-corrected chi connectivity index (χ4v) is 2.92. The van der Waals surface area contributed by atoms with E-state index in [0.717, 1.165) is 6.54 Å². The predicted octanol–water partition coefficient (Wildman–Crippen LogP) is 4.12. The number of aryl methyl sites for hydroxylation is 2. The first-order valence-electron chi connectivity index (χ1n) is 8.48. The zero-order chi connectivity index (χ0) is 16.8. The third-order valence-corrected chi connectivity index (χ3v) is 4.36. The Labute approximate surface area is 140 Å². The second-order valence-electron chi connectivity index (χ2n) is 6.80. The van der Waals surface area contributed by atoms with E-state index in [-0.39, 0.29) is 6.10 Å². The average molecular weight is 311 g/mol. The van der Waals surface area contributed by atoms with E-state index in [2.05, 4.69) is 62.9 Å². The molecule has 0 heterocycles. The van der Waals surface area contributed by atoms with Gasteiger partial charge in [-0.15, -0.1) is 0 Å². The number of aliphatic hydroxyl groups excluding tert-OH is 1. The predicted molar refractivity (Wildman–Crippen MR) is 97.6 cm³/mol. The molecule has 0 fully saturated rings. The number of aliphatic hydroxyl groups is 1. The van der Waals surface area contributed by atoms with Crippen molar-refractivity contribution >= 4 is 0 Å². The molecule has 1 N–H and O–H groups in total. The van der Waals surface area contributed by atoms with Crippen LogP contribution < -0.4 is 0 Å². The third-order valence-electron chi connectivity index (χ3n) is 4.36. The van der Waals surface area contributed by atoms with Gasteiger partial charge in [0.25, 0.3) is 0 Å². The van der Waals surface area contributed by atoms with Crippen LogP contribution >= 0.6 is 0 Å². The molecule has 2 rings (SSSR count). The Morgan fingerprint density at radius 3 is 2.30 bits per heavy atom. The van der Waals surface area contributed by atoms with Gasteiger partial charge >= 0.3 is 0 Å². The highest BCUT2D eigenvalue weighted by Gasteiger charge is 2.16. The van der Waals surface area contributed by atoms with Crippen molar-refractivity contribution in [2.75, 3.05) is 6.54 Å². The topological polar surface area (TPSA) is 23.5 Å². The van der Waals surface area contributed by atoms with Gasteiger partial charge in [0.15, 0.2) is 0 Å². The quantitative estimate of drug-likeness (QED) is 0.831. The molecule has 0 bridgehead atoms. The molecule has 0 spiro atoms. The highest BCUT2D eigenvalue weighted by molar-refractivity contribution is 5.30. The molecular formula is C21H29NO. The lowest BCUT2D eigenvalue weighted by Gasteiger charge is -2.29. The summed E-state index contributed by atoms with van der Waals surface area (Å²) >= 11 is 0. The van der Waals surface area contributed by atoms with Gasteiger partial charge in [0.1, 0.15) is 0 Å². The molecule has 0 aliphatic carbocycles.